The van der Waals surface area contributed by atoms with E-state index < -0.39 is 10.0 Å². The summed E-state index contributed by atoms with van der Waals surface area (Å²) in [4.78, 5) is 11.3. The van der Waals surface area contributed by atoms with Crippen molar-refractivity contribution in [2.75, 3.05) is 18.4 Å². The Labute approximate surface area is 158 Å². The third kappa shape index (κ3) is 4.81. The Morgan fingerprint density at radius 3 is 2.56 bits per heavy atom. The van der Waals surface area contributed by atoms with Crippen LogP contribution in [0.3, 0.4) is 0 Å². The number of nitrogens with one attached hydrogen (secondary N) is 1. The van der Waals surface area contributed by atoms with E-state index >= 15 is 0 Å². The summed E-state index contributed by atoms with van der Waals surface area (Å²) in [7, 11) is -3.63. The van der Waals surface area contributed by atoms with Crippen molar-refractivity contribution in [1.29, 1.82) is 0 Å². The fourth-order valence-corrected chi connectivity index (χ4v) is 4.41. The second-order valence-corrected chi connectivity index (χ2v) is 8.40. The molecule has 0 radical (unpaired) electrons. The van der Waals surface area contributed by atoms with Gasteiger partial charge in [0, 0.05) is 25.2 Å². The monoisotopic (exact) mass is 390 g/mol. The maximum absolute atomic E-state index is 12.9. The quantitative estimate of drug-likeness (QED) is 0.838. The Morgan fingerprint density at radius 1 is 1.19 bits per heavy atom. The van der Waals surface area contributed by atoms with Crippen molar-refractivity contribution < 1.29 is 17.9 Å². The van der Waals surface area contributed by atoms with Gasteiger partial charge in [0.1, 0.15) is 6.10 Å². The van der Waals surface area contributed by atoms with Crippen LogP contribution in [-0.2, 0) is 14.8 Å². The lowest BCUT2D eigenvalue weighted by Gasteiger charge is -2.31. The van der Waals surface area contributed by atoms with Gasteiger partial charge in [-0.3, -0.25) is 4.79 Å². The lowest BCUT2D eigenvalue weighted by molar-refractivity contribution is -0.114. The first-order chi connectivity index (χ1) is 12.8. The zero-order chi connectivity index (χ0) is 19.4. The first kappa shape index (κ1) is 19.2. The molecule has 1 atom stereocenters. The predicted octanol–water partition coefficient (Wildman–Crippen LogP) is 1.98. The van der Waals surface area contributed by atoms with Gasteiger partial charge in [0.15, 0.2) is 0 Å². The number of piperidine rings is 1. The summed E-state index contributed by atoms with van der Waals surface area (Å²) in [6, 6.07) is 9.68. The highest BCUT2D eigenvalue weighted by molar-refractivity contribution is 7.89. The lowest BCUT2D eigenvalue weighted by atomic mass is 10.1. The van der Waals surface area contributed by atoms with Crippen LogP contribution in [0, 0.1) is 6.92 Å². The van der Waals surface area contributed by atoms with Gasteiger partial charge in [-0.2, -0.15) is 9.40 Å². The minimum absolute atomic E-state index is 0.187. The molecule has 1 aromatic carbocycles. The summed E-state index contributed by atoms with van der Waals surface area (Å²) in [5.41, 5.74) is 1.34. The highest BCUT2D eigenvalue weighted by Crippen LogP contribution is 2.24. The maximum atomic E-state index is 12.9. The van der Waals surface area contributed by atoms with Crippen LogP contribution < -0.4 is 10.1 Å². The number of carbonyl (C=O) groups excluding carboxylic acids is 1. The van der Waals surface area contributed by atoms with Gasteiger partial charge >= 0.3 is 0 Å². The van der Waals surface area contributed by atoms with E-state index in [1.165, 1.54) is 23.4 Å². The third-order valence-electron chi connectivity index (χ3n) is 4.21. The molecule has 0 saturated carbocycles. The molecule has 144 valence electrons. The Hall–Kier alpha value is -2.52. The Balaban J connectivity index is 1.70. The maximum Gasteiger partial charge on any atom is 0.243 e. The third-order valence-corrected chi connectivity index (χ3v) is 6.09. The molecule has 1 amide bonds. The Kier molecular flexibility index (Phi) is 5.71. The summed E-state index contributed by atoms with van der Waals surface area (Å²) in [6.45, 7) is 3.93. The molecule has 2 heterocycles. The molecule has 0 spiro atoms. The SMILES string of the molecule is CC(=O)Nc1ccc(S(=O)(=O)N2CCCC(Oc3ccc(C)nn3)C2)cc1. The van der Waals surface area contributed by atoms with E-state index in [0.717, 1.165) is 12.1 Å². The van der Waals surface area contributed by atoms with Crippen LogP contribution in [-0.4, -0.2) is 48.0 Å². The molecule has 1 saturated heterocycles. The minimum Gasteiger partial charge on any atom is -0.472 e. The second-order valence-electron chi connectivity index (χ2n) is 6.46. The molecule has 9 heteroatoms. The molecule has 1 N–H and O–H groups in total. The van der Waals surface area contributed by atoms with E-state index in [9.17, 15) is 13.2 Å². The van der Waals surface area contributed by atoms with Gasteiger partial charge in [0.05, 0.1) is 17.1 Å². The largest absolute Gasteiger partial charge is 0.472 e. The van der Waals surface area contributed by atoms with Crippen molar-refractivity contribution >= 4 is 21.6 Å². The molecule has 27 heavy (non-hydrogen) atoms. The topological polar surface area (TPSA) is 101 Å². The highest BCUT2D eigenvalue weighted by atomic mass is 32.2. The Bertz CT molecular complexity index is 898. The number of sulfonamides is 1. The first-order valence-electron chi connectivity index (χ1n) is 8.69. The molecule has 1 fully saturated rings. The van der Waals surface area contributed by atoms with Crippen molar-refractivity contribution in [3.05, 3.63) is 42.1 Å². The number of aromatic nitrogens is 2. The van der Waals surface area contributed by atoms with E-state index in [4.69, 9.17) is 4.74 Å². The lowest BCUT2D eigenvalue weighted by Crippen LogP contribution is -2.44. The molecule has 1 aromatic heterocycles. The zero-order valence-electron chi connectivity index (χ0n) is 15.3. The molecule has 1 unspecified atom stereocenters. The summed E-state index contributed by atoms with van der Waals surface area (Å²) < 4.78 is 33.1. The minimum atomic E-state index is -3.63. The number of anilines is 1. The van der Waals surface area contributed by atoms with Crippen LogP contribution >= 0.6 is 0 Å². The van der Waals surface area contributed by atoms with E-state index in [2.05, 4.69) is 15.5 Å². The number of rotatable bonds is 5. The highest BCUT2D eigenvalue weighted by Gasteiger charge is 2.31. The van der Waals surface area contributed by atoms with Crippen molar-refractivity contribution in [1.82, 2.24) is 14.5 Å². The van der Waals surface area contributed by atoms with E-state index in [0.29, 0.717) is 24.5 Å². The van der Waals surface area contributed by atoms with Crippen LogP contribution in [0.4, 0.5) is 5.69 Å². The summed E-state index contributed by atoms with van der Waals surface area (Å²) in [6.07, 6.45) is 1.18. The molecule has 0 bridgehead atoms. The standard InChI is InChI=1S/C18H22N4O4S/c1-13-5-10-18(21-20-13)26-16-4-3-11-22(12-16)27(24,25)17-8-6-15(7-9-17)19-14(2)23/h5-10,16H,3-4,11-12H2,1-2H3,(H,19,23). The van der Waals surface area contributed by atoms with Gasteiger partial charge in [0.25, 0.3) is 0 Å². The molecule has 1 aliphatic heterocycles. The number of hydrogen-bond acceptors (Lipinski definition) is 6. The van der Waals surface area contributed by atoms with Gasteiger partial charge in [-0.1, -0.05) is 0 Å². The number of nitrogens with zero attached hydrogens (tertiary/aromatic N) is 3. The summed E-state index contributed by atoms with van der Waals surface area (Å²) in [5.74, 6) is 0.186. The second kappa shape index (κ2) is 8.01. The van der Waals surface area contributed by atoms with Gasteiger partial charge in [-0.15, -0.1) is 5.10 Å². The van der Waals surface area contributed by atoms with E-state index in [1.807, 2.05) is 6.92 Å². The Morgan fingerprint density at radius 2 is 1.93 bits per heavy atom. The molecule has 3 rings (SSSR count). The molecule has 1 aliphatic rings. The number of amides is 1. The van der Waals surface area contributed by atoms with Crippen molar-refractivity contribution in [2.24, 2.45) is 0 Å². The van der Waals surface area contributed by atoms with E-state index in [1.54, 1.807) is 24.3 Å². The van der Waals surface area contributed by atoms with E-state index in [-0.39, 0.29) is 23.5 Å². The van der Waals surface area contributed by atoms with Gasteiger partial charge in [-0.25, -0.2) is 8.42 Å². The fraction of sp³-hybridized carbons (Fsp3) is 0.389. The van der Waals surface area contributed by atoms with Crippen molar-refractivity contribution in [3.8, 4) is 5.88 Å². The smallest absolute Gasteiger partial charge is 0.243 e. The normalized spacial score (nSPS) is 18.1. The van der Waals surface area contributed by atoms with Crippen LogP contribution in [0.2, 0.25) is 0 Å². The average molecular weight is 390 g/mol. The van der Waals surface area contributed by atoms with Crippen LogP contribution in [0.1, 0.15) is 25.5 Å². The van der Waals surface area contributed by atoms with Crippen molar-refractivity contribution in [2.45, 2.75) is 37.7 Å². The number of benzene rings is 1. The molecular weight excluding hydrogens is 368 g/mol. The van der Waals surface area contributed by atoms with Crippen molar-refractivity contribution in [3.63, 3.8) is 0 Å². The van der Waals surface area contributed by atoms with Crippen LogP contribution in [0.25, 0.3) is 0 Å². The first-order valence-corrected chi connectivity index (χ1v) is 10.1. The predicted molar refractivity (Wildman–Crippen MR) is 99.9 cm³/mol. The molecular formula is C18H22N4O4S. The number of hydrogen-bond donors (Lipinski definition) is 1. The van der Waals surface area contributed by atoms with Gasteiger partial charge < -0.3 is 10.1 Å². The fourth-order valence-electron chi connectivity index (χ4n) is 2.90. The summed E-state index contributed by atoms with van der Waals surface area (Å²) in [5, 5.41) is 10.5. The van der Waals surface area contributed by atoms with Gasteiger partial charge in [-0.05, 0) is 50.1 Å². The van der Waals surface area contributed by atoms with Gasteiger partial charge in [0.2, 0.25) is 21.8 Å². The summed E-state index contributed by atoms with van der Waals surface area (Å²) >= 11 is 0. The molecule has 0 aliphatic carbocycles. The number of aryl methyl sites for hydroxylation is 1. The molecule has 8 nitrogen and oxygen atoms in total. The number of carbonyl (C=O) groups is 1. The molecule has 2 aromatic rings. The number of ether oxygens (including phenoxy) is 1. The van der Waals surface area contributed by atoms with Crippen LogP contribution in [0.5, 0.6) is 5.88 Å². The van der Waals surface area contributed by atoms with Crippen LogP contribution in [0.15, 0.2) is 41.3 Å². The zero-order valence-corrected chi connectivity index (χ0v) is 16.1. The average Bonchev–Trinajstić information content (AvgIpc) is 2.64.